The number of nitrogens with one attached hydrogen (secondary N) is 2. The third-order valence-corrected chi connectivity index (χ3v) is 7.54. The van der Waals surface area contributed by atoms with Gasteiger partial charge in [0.05, 0.1) is 24.3 Å². The Labute approximate surface area is 158 Å². The minimum absolute atomic E-state index is 0.0115. The average molecular weight is 398 g/mol. The van der Waals surface area contributed by atoms with E-state index in [1.54, 1.807) is 4.90 Å². The van der Waals surface area contributed by atoms with Crippen molar-refractivity contribution in [2.24, 2.45) is 17.8 Å². The maximum Gasteiger partial charge on any atom is 0.232 e. The first-order valence-electron chi connectivity index (χ1n) is 9.61. The number of hydrogen-bond donors (Lipinski definition) is 2. The van der Waals surface area contributed by atoms with E-state index < -0.39 is 15.9 Å². The van der Waals surface area contributed by atoms with Crippen LogP contribution >= 0.6 is 0 Å². The van der Waals surface area contributed by atoms with Crippen molar-refractivity contribution in [1.29, 1.82) is 0 Å². The van der Waals surface area contributed by atoms with Crippen LogP contribution in [0, 0.1) is 17.8 Å². The first-order valence-corrected chi connectivity index (χ1v) is 11.5. The third-order valence-electron chi connectivity index (χ3n) is 6.30. The molecule has 27 heavy (non-hydrogen) atoms. The maximum absolute atomic E-state index is 12.7. The quantitative estimate of drug-likeness (QED) is 0.560. The summed E-state index contributed by atoms with van der Waals surface area (Å²) in [5, 5.41) is 5.75. The van der Waals surface area contributed by atoms with Crippen molar-refractivity contribution < 1.29 is 22.8 Å². The molecule has 0 radical (unpaired) electrons. The third kappa shape index (κ3) is 3.44. The van der Waals surface area contributed by atoms with Gasteiger partial charge in [0.1, 0.15) is 5.92 Å². The zero-order valence-corrected chi connectivity index (χ0v) is 16.2. The topological polar surface area (TPSA) is 116 Å². The highest BCUT2D eigenvalue weighted by molar-refractivity contribution is 7.88. The molecule has 4 aliphatic rings. The molecular formula is C17H26N4O5S. The Kier molecular flexibility index (Phi) is 4.66. The molecule has 10 heteroatoms. The molecule has 3 saturated heterocycles. The second-order valence-corrected chi connectivity index (χ2v) is 10.1. The first kappa shape index (κ1) is 18.7. The van der Waals surface area contributed by atoms with Gasteiger partial charge in [-0.1, -0.05) is 6.42 Å². The van der Waals surface area contributed by atoms with Crippen LogP contribution in [0.15, 0.2) is 0 Å². The smallest absolute Gasteiger partial charge is 0.232 e. The summed E-state index contributed by atoms with van der Waals surface area (Å²) in [6, 6.07) is -0.0973. The Hall–Kier alpha value is -1.68. The van der Waals surface area contributed by atoms with Crippen molar-refractivity contribution in [2.75, 3.05) is 32.4 Å². The SMILES string of the molecule is CS(=O)(=O)N1CC(C(=O)N2CC[C@@H]3[C@@H](NC(=O)C4CCCCNC4=O)[C@@H]32)C1. The van der Waals surface area contributed by atoms with E-state index in [-0.39, 0.29) is 54.7 Å². The number of carbonyl (C=O) groups excluding carboxylic acids is 3. The van der Waals surface area contributed by atoms with E-state index >= 15 is 0 Å². The molecule has 4 atom stereocenters. The van der Waals surface area contributed by atoms with E-state index in [9.17, 15) is 22.8 Å². The Morgan fingerprint density at radius 2 is 1.93 bits per heavy atom. The summed E-state index contributed by atoms with van der Waals surface area (Å²) in [7, 11) is -3.24. The highest BCUT2D eigenvalue weighted by atomic mass is 32.2. The molecule has 1 unspecified atom stereocenters. The minimum atomic E-state index is -3.24. The molecule has 0 aromatic heterocycles. The van der Waals surface area contributed by atoms with E-state index in [0.717, 1.165) is 25.5 Å². The largest absolute Gasteiger partial charge is 0.355 e. The number of amides is 3. The van der Waals surface area contributed by atoms with Gasteiger partial charge in [-0.2, -0.15) is 0 Å². The number of likely N-dealkylation sites (tertiary alicyclic amines) is 1. The molecule has 3 aliphatic heterocycles. The van der Waals surface area contributed by atoms with Crippen molar-refractivity contribution in [2.45, 2.75) is 37.8 Å². The van der Waals surface area contributed by atoms with Gasteiger partial charge in [0, 0.05) is 32.1 Å². The highest BCUT2D eigenvalue weighted by Gasteiger charge is 2.60. The number of rotatable bonds is 4. The summed E-state index contributed by atoms with van der Waals surface area (Å²) < 4.78 is 24.2. The van der Waals surface area contributed by atoms with Gasteiger partial charge in [0.2, 0.25) is 27.7 Å². The summed E-state index contributed by atoms with van der Waals surface area (Å²) in [4.78, 5) is 39.1. The Morgan fingerprint density at radius 1 is 1.19 bits per heavy atom. The van der Waals surface area contributed by atoms with E-state index in [0.29, 0.717) is 19.5 Å². The second kappa shape index (κ2) is 6.73. The molecule has 9 nitrogen and oxygen atoms in total. The van der Waals surface area contributed by atoms with Crippen molar-refractivity contribution in [3.8, 4) is 0 Å². The van der Waals surface area contributed by atoms with Crippen LogP contribution in [0.1, 0.15) is 25.7 Å². The minimum Gasteiger partial charge on any atom is -0.355 e. The monoisotopic (exact) mass is 398 g/mol. The fourth-order valence-electron chi connectivity index (χ4n) is 4.57. The average Bonchev–Trinajstić information content (AvgIpc) is 3.08. The molecule has 0 bridgehead atoms. The Balaban J connectivity index is 1.31. The van der Waals surface area contributed by atoms with Crippen LogP contribution in [0.2, 0.25) is 0 Å². The molecule has 1 saturated carbocycles. The van der Waals surface area contributed by atoms with Crippen LogP contribution in [-0.4, -0.2) is 79.9 Å². The zero-order chi connectivity index (χ0) is 19.3. The summed E-state index contributed by atoms with van der Waals surface area (Å²) in [6.07, 6.45) is 4.28. The van der Waals surface area contributed by atoms with Crippen molar-refractivity contribution in [1.82, 2.24) is 19.8 Å². The van der Waals surface area contributed by atoms with Gasteiger partial charge in [-0.15, -0.1) is 0 Å². The van der Waals surface area contributed by atoms with E-state index in [4.69, 9.17) is 0 Å². The molecule has 3 amide bonds. The number of fused-ring (bicyclic) bond motifs is 1. The van der Waals surface area contributed by atoms with Gasteiger partial charge >= 0.3 is 0 Å². The number of piperidine rings is 1. The van der Waals surface area contributed by atoms with Crippen LogP contribution < -0.4 is 10.6 Å². The highest BCUT2D eigenvalue weighted by Crippen LogP contribution is 2.46. The standard InChI is InChI=1S/C17H26N4O5S/c1-27(25,26)20-8-10(9-20)17(24)21-7-5-11-13(14(11)21)19-16(23)12-4-2-3-6-18-15(12)22/h10-14H,2-9H2,1H3,(H,18,22)(H,19,23)/t11-,12?,13-,14-/m1/s1. The van der Waals surface area contributed by atoms with Crippen LogP contribution in [-0.2, 0) is 24.4 Å². The lowest BCUT2D eigenvalue weighted by Gasteiger charge is -2.38. The lowest BCUT2D eigenvalue weighted by atomic mass is 10.0. The molecule has 4 rings (SSSR count). The molecule has 0 aromatic carbocycles. The van der Waals surface area contributed by atoms with Gasteiger partial charge in [-0.05, 0) is 19.3 Å². The fourth-order valence-corrected chi connectivity index (χ4v) is 5.47. The van der Waals surface area contributed by atoms with Gasteiger partial charge in [-0.25, -0.2) is 12.7 Å². The van der Waals surface area contributed by atoms with E-state index in [2.05, 4.69) is 10.6 Å². The molecule has 3 heterocycles. The predicted octanol–water partition coefficient (Wildman–Crippen LogP) is -1.49. The Morgan fingerprint density at radius 3 is 2.63 bits per heavy atom. The lowest BCUT2D eigenvalue weighted by Crippen LogP contribution is -2.56. The molecular weight excluding hydrogens is 372 g/mol. The lowest BCUT2D eigenvalue weighted by molar-refractivity contribution is -0.140. The molecule has 0 spiro atoms. The summed E-state index contributed by atoms with van der Waals surface area (Å²) in [6.45, 7) is 1.75. The van der Waals surface area contributed by atoms with E-state index in [1.165, 1.54) is 4.31 Å². The molecule has 150 valence electrons. The van der Waals surface area contributed by atoms with Crippen molar-refractivity contribution >= 4 is 27.7 Å². The summed E-state index contributed by atoms with van der Waals surface area (Å²) >= 11 is 0. The summed E-state index contributed by atoms with van der Waals surface area (Å²) in [5.74, 6) is -1.16. The first-order chi connectivity index (χ1) is 12.8. The van der Waals surface area contributed by atoms with Crippen LogP contribution in [0.3, 0.4) is 0 Å². The normalized spacial score (nSPS) is 34.3. The number of nitrogens with zero attached hydrogens (tertiary/aromatic N) is 2. The Bertz CT molecular complexity index is 763. The van der Waals surface area contributed by atoms with Crippen molar-refractivity contribution in [3.05, 3.63) is 0 Å². The molecule has 1 aliphatic carbocycles. The van der Waals surface area contributed by atoms with Crippen LogP contribution in [0.5, 0.6) is 0 Å². The van der Waals surface area contributed by atoms with Crippen LogP contribution in [0.25, 0.3) is 0 Å². The molecule has 4 fully saturated rings. The maximum atomic E-state index is 12.7. The van der Waals surface area contributed by atoms with E-state index in [1.807, 2.05) is 0 Å². The van der Waals surface area contributed by atoms with Crippen LogP contribution in [0.4, 0.5) is 0 Å². The number of sulfonamides is 1. The van der Waals surface area contributed by atoms with Crippen molar-refractivity contribution in [3.63, 3.8) is 0 Å². The number of hydrogen-bond acceptors (Lipinski definition) is 5. The molecule has 0 aromatic rings. The second-order valence-electron chi connectivity index (χ2n) is 8.13. The molecule has 2 N–H and O–H groups in total. The summed E-state index contributed by atoms with van der Waals surface area (Å²) in [5.41, 5.74) is 0. The van der Waals surface area contributed by atoms with Gasteiger partial charge in [0.25, 0.3) is 0 Å². The predicted molar refractivity (Wildman–Crippen MR) is 95.8 cm³/mol. The zero-order valence-electron chi connectivity index (χ0n) is 15.4. The van der Waals surface area contributed by atoms with Gasteiger partial charge in [0.15, 0.2) is 0 Å². The number of carbonyl (C=O) groups is 3. The fraction of sp³-hybridized carbons (Fsp3) is 0.824. The van der Waals surface area contributed by atoms with Gasteiger partial charge < -0.3 is 15.5 Å². The van der Waals surface area contributed by atoms with Gasteiger partial charge in [-0.3, -0.25) is 14.4 Å².